The van der Waals surface area contributed by atoms with Crippen LogP contribution in [0.2, 0.25) is 0 Å². The van der Waals surface area contributed by atoms with E-state index in [-0.39, 0.29) is 5.91 Å². The lowest BCUT2D eigenvalue weighted by Gasteiger charge is -2.26. The second-order valence-corrected chi connectivity index (χ2v) is 6.37. The molecule has 110 valence electrons. The van der Waals surface area contributed by atoms with E-state index in [1.54, 1.807) is 11.3 Å². The molecule has 0 atom stereocenters. The summed E-state index contributed by atoms with van der Waals surface area (Å²) in [5.74, 6) is 0.117. The normalized spacial score (nSPS) is 19.6. The number of ether oxygens (including phenoxy) is 1. The molecule has 1 N–H and O–H groups in total. The summed E-state index contributed by atoms with van der Waals surface area (Å²) in [5, 5.41) is 5.24. The number of hydrogen-bond acceptors (Lipinski definition) is 4. The number of hydrogen-bond donors (Lipinski definition) is 1. The van der Waals surface area contributed by atoms with Crippen molar-refractivity contribution in [2.24, 2.45) is 0 Å². The minimum absolute atomic E-state index is 0.117. The van der Waals surface area contributed by atoms with Gasteiger partial charge in [0.05, 0.1) is 18.1 Å². The Labute approximate surface area is 124 Å². The fourth-order valence-corrected chi connectivity index (χ4v) is 4.02. The molecule has 4 nitrogen and oxygen atoms in total. The first-order chi connectivity index (χ1) is 9.84. The quantitative estimate of drug-likeness (QED) is 0.919. The van der Waals surface area contributed by atoms with Gasteiger partial charge in [-0.1, -0.05) is 0 Å². The van der Waals surface area contributed by atoms with Crippen molar-refractivity contribution in [1.82, 2.24) is 10.2 Å². The molecule has 2 aliphatic rings. The average molecular weight is 294 g/mol. The zero-order chi connectivity index (χ0) is 13.8. The van der Waals surface area contributed by atoms with E-state index in [1.165, 1.54) is 24.0 Å². The standard InChI is InChI=1S/C15H22N2O2S/c18-15(16-5-6-17-7-9-19-10-8-17)14-13-4-2-1-3-12(13)11-20-14/h11H,1-10H2,(H,16,18). The monoisotopic (exact) mass is 294 g/mol. The van der Waals surface area contributed by atoms with Crippen LogP contribution in [-0.4, -0.2) is 50.2 Å². The van der Waals surface area contributed by atoms with E-state index in [4.69, 9.17) is 4.74 Å². The van der Waals surface area contributed by atoms with Crippen molar-refractivity contribution >= 4 is 17.2 Å². The second-order valence-electron chi connectivity index (χ2n) is 5.49. The van der Waals surface area contributed by atoms with Gasteiger partial charge in [-0.25, -0.2) is 0 Å². The van der Waals surface area contributed by atoms with Crippen LogP contribution in [0.4, 0.5) is 0 Å². The van der Waals surface area contributed by atoms with Gasteiger partial charge in [0, 0.05) is 26.2 Å². The van der Waals surface area contributed by atoms with E-state index in [0.717, 1.165) is 57.1 Å². The molecular formula is C15H22N2O2S. The molecule has 3 rings (SSSR count). The highest BCUT2D eigenvalue weighted by atomic mass is 32.1. The molecule has 1 amide bonds. The first-order valence-corrected chi connectivity index (χ1v) is 8.40. The maximum atomic E-state index is 12.3. The summed E-state index contributed by atoms with van der Waals surface area (Å²) in [6.45, 7) is 5.22. The minimum Gasteiger partial charge on any atom is -0.379 e. The maximum Gasteiger partial charge on any atom is 0.261 e. The fraction of sp³-hybridized carbons (Fsp3) is 0.667. The molecule has 1 aliphatic heterocycles. The van der Waals surface area contributed by atoms with Crippen molar-refractivity contribution < 1.29 is 9.53 Å². The second kappa shape index (κ2) is 6.70. The Morgan fingerprint density at radius 2 is 2.10 bits per heavy atom. The Balaban J connectivity index is 1.50. The van der Waals surface area contributed by atoms with Crippen LogP contribution in [0.15, 0.2) is 5.38 Å². The maximum absolute atomic E-state index is 12.3. The predicted molar refractivity (Wildman–Crippen MR) is 80.6 cm³/mol. The van der Waals surface area contributed by atoms with Crippen LogP contribution in [0.25, 0.3) is 0 Å². The summed E-state index contributed by atoms with van der Waals surface area (Å²) in [5.41, 5.74) is 2.71. The topological polar surface area (TPSA) is 41.6 Å². The van der Waals surface area contributed by atoms with Crippen LogP contribution in [0.5, 0.6) is 0 Å². The van der Waals surface area contributed by atoms with Gasteiger partial charge < -0.3 is 10.1 Å². The lowest BCUT2D eigenvalue weighted by Crippen LogP contribution is -2.41. The lowest BCUT2D eigenvalue weighted by molar-refractivity contribution is 0.0383. The summed E-state index contributed by atoms with van der Waals surface area (Å²) in [6.07, 6.45) is 4.71. The van der Waals surface area contributed by atoms with Gasteiger partial charge in [0.2, 0.25) is 0 Å². The Morgan fingerprint density at radius 1 is 1.30 bits per heavy atom. The van der Waals surface area contributed by atoms with Gasteiger partial charge in [-0.3, -0.25) is 9.69 Å². The predicted octanol–water partition coefficient (Wildman–Crippen LogP) is 1.69. The van der Waals surface area contributed by atoms with Gasteiger partial charge in [0.15, 0.2) is 0 Å². The number of carbonyl (C=O) groups excluding carboxylic acids is 1. The molecule has 5 heteroatoms. The highest BCUT2D eigenvalue weighted by Crippen LogP contribution is 2.29. The molecular weight excluding hydrogens is 272 g/mol. The van der Waals surface area contributed by atoms with E-state index in [9.17, 15) is 4.79 Å². The third-order valence-electron chi connectivity index (χ3n) is 4.13. The molecule has 20 heavy (non-hydrogen) atoms. The Hall–Kier alpha value is -0.910. The van der Waals surface area contributed by atoms with E-state index < -0.39 is 0 Å². The summed E-state index contributed by atoms with van der Waals surface area (Å²) in [6, 6.07) is 0. The van der Waals surface area contributed by atoms with E-state index in [0.29, 0.717) is 0 Å². The van der Waals surface area contributed by atoms with Gasteiger partial charge in [0.1, 0.15) is 0 Å². The Morgan fingerprint density at radius 3 is 2.95 bits per heavy atom. The van der Waals surface area contributed by atoms with Crippen molar-refractivity contribution in [1.29, 1.82) is 0 Å². The van der Waals surface area contributed by atoms with E-state index >= 15 is 0 Å². The third kappa shape index (κ3) is 3.22. The summed E-state index contributed by atoms with van der Waals surface area (Å²) < 4.78 is 5.32. The molecule has 0 bridgehead atoms. The molecule has 0 saturated carbocycles. The zero-order valence-electron chi connectivity index (χ0n) is 11.8. The van der Waals surface area contributed by atoms with Gasteiger partial charge in [0.25, 0.3) is 5.91 Å². The molecule has 0 spiro atoms. The van der Waals surface area contributed by atoms with Crippen molar-refractivity contribution in [3.8, 4) is 0 Å². The van der Waals surface area contributed by atoms with Crippen molar-refractivity contribution in [3.05, 3.63) is 21.4 Å². The van der Waals surface area contributed by atoms with E-state index in [1.807, 2.05) is 0 Å². The van der Waals surface area contributed by atoms with Crippen LogP contribution in [0, 0.1) is 0 Å². The fourth-order valence-electron chi connectivity index (χ4n) is 2.94. The molecule has 1 saturated heterocycles. The summed E-state index contributed by atoms with van der Waals surface area (Å²) in [7, 11) is 0. The SMILES string of the molecule is O=C(NCCN1CCOCC1)c1scc2c1CCCC2. The van der Waals surface area contributed by atoms with Gasteiger partial charge in [-0.15, -0.1) is 11.3 Å². The first kappa shape index (κ1) is 14.0. The highest BCUT2D eigenvalue weighted by molar-refractivity contribution is 7.12. The number of carbonyl (C=O) groups is 1. The highest BCUT2D eigenvalue weighted by Gasteiger charge is 2.20. The molecule has 0 aromatic carbocycles. The number of aryl methyl sites for hydroxylation is 1. The van der Waals surface area contributed by atoms with Crippen molar-refractivity contribution in [3.63, 3.8) is 0 Å². The smallest absolute Gasteiger partial charge is 0.261 e. The van der Waals surface area contributed by atoms with Gasteiger partial charge in [-0.2, -0.15) is 0 Å². The first-order valence-electron chi connectivity index (χ1n) is 7.52. The Kier molecular flexibility index (Phi) is 4.70. The molecule has 1 aliphatic carbocycles. The van der Waals surface area contributed by atoms with Gasteiger partial charge >= 0.3 is 0 Å². The molecule has 2 heterocycles. The molecule has 0 radical (unpaired) electrons. The molecule has 1 aromatic rings. The van der Waals surface area contributed by atoms with Crippen LogP contribution >= 0.6 is 11.3 Å². The van der Waals surface area contributed by atoms with E-state index in [2.05, 4.69) is 15.6 Å². The van der Waals surface area contributed by atoms with Crippen LogP contribution in [0.3, 0.4) is 0 Å². The molecule has 0 unspecified atom stereocenters. The summed E-state index contributed by atoms with van der Waals surface area (Å²) >= 11 is 1.61. The van der Waals surface area contributed by atoms with Crippen molar-refractivity contribution in [2.45, 2.75) is 25.7 Å². The number of thiophene rings is 1. The lowest BCUT2D eigenvalue weighted by atomic mass is 9.94. The third-order valence-corrected chi connectivity index (χ3v) is 5.20. The Bertz CT molecular complexity index is 466. The van der Waals surface area contributed by atoms with Crippen LogP contribution in [0.1, 0.15) is 33.6 Å². The summed E-state index contributed by atoms with van der Waals surface area (Å²) in [4.78, 5) is 15.6. The number of nitrogens with one attached hydrogen (secondary N) is 1. The van der Waals surface area contributed by atoms with Gasteiger partial charge in [-0.05, 0) is 42.2 Å². The molecule has 1 fully saturated rings. The van der Waals surface area contributed by atoms with Crippen molar-refractivity contribution in [2.75, 3.05) is 39.4 Å². The van der Waals surface area contributed by atoms with Crippen LogP contribution in [-0.2, 0) is 17.6 Å². The minimum atomic E-state index is 0.117. The largest absolute Gasteiger partial charge is 0.379 e. The average Bonchev–Trinajstić information content (AvgIpc) is 2.92. The number of amides is 1. The molecule has 1 aromatic heterocycles. The van der Waals surface area contributed by atoms with Crippen LogP contribution < -0.4 is 5.32 Å². The number of rotatable bonds is 4. The zero-order valence-corrected chi connectivity index (χ0v) is 12.6. The number of morpholine rings is 1. The number of fused-ring (bicyclic) bond motifs is 1. The number of nitrogens with zero attached hydrogens (tertiary/aromatic N) is 1.